The number of anilines is 2. The molecule has 1 amide bonds. The molecule has 0 bridgehead atoms. The first kappa shape index (κ1) is 14.2. The predicted molar refractivity (Wildman–Crippen MR) is 87.7 cm³/mol. The lowest BCUT2D eigenvalue weighted by molar-refractivity contribution is -0.129. The van der Waals surface area contributed by atoms with Crippen LogP contribution < -0.4 is 4.90 Å². The molecule has 23 heavy (non-hydrogen) atoms. The number of aryl methyl sites for hydroxylation is 2. The Morgan fingerprint density at radius 1 is 1.30 bits per heavy atom. The van der Waals surface area contributed by atoms with Gasteiger partial charge in [0.2, 0.25) is 5.91 Å². The summed E-state index contributed by atoms with van der Waals surface area (Å²) in [4.78, 5) is 20.3. The maximum absolute atomic E-state index is 11.7. The minimum Gasteiger partial charge on any atom is -0.338 e. The number of nitrogens with one attached hydrogen (secondary N) is 1. The van der Waals surface area contributed by atoms with Gasteiger partial charge in [-0.25, -0.2) is 0 Å². The van der Waals surface area contributed by atoms with Crippen molar-refractivity contribution in [3.8, 4) is 0 Å². The quantitative estimate of drug-likeness (QED) is 0.876. The molecule has 0 fully saturated rings. The Labute approximate surface area is 135 Å². The summed E-state index contributed by atoms with van der Waals surface area (Å²) in [5.74, 6) is 1.08. The number of hydrogen-bond donors (Lipinski definition) is 1. The van der Waals surface area contributed by atoms with E-state index in [9.17, 15) is 4.79 Å². The topological polar surface area (TPSA) is 65.1 Å². The van der Waals surface area contributed by atoms with Gasteiger partial charge in [-0.2, -0.15) is 5.10 Å². The lowest BCUT2D eigenvalue weighted by Gasteiger charge is -2.32. The first-order valence-corrected chi connectivity index (χ1v) is 8.18. The summed E-state index contributed by atoms with van der Waals surface area (Å²) in [6.07, 6.45) is 4.99. The van der Waals surface area contributed by atoms with Gasteiger partial charge in [-0.05, 0) is 31.4 Å². The van der Waals surface area contributed by atoms with E-state index >= 15 is 0 Å². The largest absolute Gasteiger partial charge is 0.338 e. The van der Waals surface area contributed by atoms with Crippen molar-refractivity contribution in [2.45, 2.75) is 39.7 Å². The highest BCUT2D eigenvalue weighted by Crippen LogP contribution is 2.36. The third kappa shape index (κ3) is 2.38. The molecule has 120 valence electrons. The van der Waals surface area contributed by atoms with Gasteiger partial charge in [0.15, 0.2) is 5.82 Å². The zero-order valence-corrected chi connectivity index (χ0v) is 13.6. The Bertz CT molecular complexity index is 766. The molecule has 2 aliphatic heterocycles. The number of carbonyl (C=O) groups is 1. The first-order valence-electron chi connectivity index (χ1n) is 8.18. The Kier molecular flexibility index (Phi) is 3.32. The second-order valence-corrected chi connectivity index (χ2v) is 6.40. The molecule has 2 aromatic heterocycles. The van der Waals surface area contributed by atoms with Gasteiger partial charge in [-0.3, -0.25) is 14.9 Å². The van der Waals surface area contributed by atoms with Gasteiger partial charge in [-0.1, -0.05) is 0 Å². The Morgan fingerprint density at radius 2 is 2.17 bits per heavy atom. The number of fused-ring (bicyclic) bond motifs is 2. The third-order valence-electron chi connectivity index (χ3n) is 4.83. The van der Waals surface area contributed by atoms with Crippen molar-refractivity contribution in [2.24, 2.45) is 0 Å². The van der Waals surface area contributed by atoms with Crippen LogP contribution in [0.15, 0.2) is 12.3 Å². The highest BCUT2D eigenvalue weighted by Gasteiger charge is 2.28. The van der Waals surface area contributed by atoms with Crippen LogP contribution in [0.2, 0.25) is 0 Å². The number of nitrogens with zero attached hydrogens (tertiary/aromatic N) is 4. The van der Waals surface area contributed by atoms with Gasteiger partial charge in [-0.15, -0.1) is 0 Å². The molecule has 6 heteroatoms. The van der Waals surface area contributed by atoms with Crippen LogP contribution in [-0.2, 0) is 24.2 Å². The van der Waals surface area contributed by atoms with Crippen molar-refractivity contribution in [1.82, 2.24) is 20.1 Å². The summed E-state index contributed by atoms with van der Waals surface area (Å²) in [5.41, 5.74) is 5.85. The number of H-pyrrole nitrogens is 1. The number of aromatic amines is 1. The summed E-state index contributed by atoms with van der Waals surface area (Å²) in [6, 6.07) is 2.17. The van der Waals surface area contributed by atoms with E-state index in [1.807, 2.05) is 18.0 Å². The van der Waals surface area contributed by atoms with Crippen LogP contribution in [-0.4, -0.2) is 39.1 Å². The molecule has 6 nitrogen and oxygen atoms in total. The number of hydrogen-bond acceptors (Lipinski definition) is 4. The van der Waals surface area contributed by atoms with Crippen LogP contribution in [0.25, 0.3) is 0 Å². The zero-order chi connectivity index (χ0) is 16.0. The highest BCUT2D eigenvalue weighted by molar-refractivity contribution is 5.74. The second-order valence-electron chi connectivity index (χ2n) is 6.40. The summed E-state index contributed by atoms with van der Waals surface area (Å²) < 4.78 is 0. The predicted octanol–water partition coefficient (Wildman–Crippen LogP) is 2.10. The zero-order valence-electron chi connectivity index (χ0n) is 13.6. The number of pyridine rings is 1. The molecular formula is C17H21N5O. The standard InChI is InChI=1S/C17H21N5O/c1-11-8-13-4-3-6-22(16(13)9-18-11)17-14-10-21(12(2)23)7-5-15(14)19-20-17/h8-9H,3-7,10H2,1-2H3,(H,19,20). The summed E-state index contributed by atoms with van der Waals surface area (Å²) in [5, 5.41) is 7.75. The molecule has 0 unspecified atom stereocenters. The second kappa shape index (κ2) is 5.37. The molecule has 0 saturated carbocycles. The maximum atomic E-state index is 11.7. The number of amides is 1. The van der Waals surface area contributed by atoms with E-state index in [1.54, 1.807) is 6.92 Å². The Balaban J connectivity index is 1.74. The van der Waals surface area contributed by atoms with Gasteiger partial charge < -0.3 is 9.80 Å². The number of aromatic nitrogens is 3. The fraction of sp³-hybridized carbons (Fsp3) is 0.471. The summed E-state index contributed by atoms with van der Waals surface area (Å²) in [6.45, 7) is 6.01. The normalized spacial score (nSPS) is 17.0. The monoisotopic (exact) mass is 311 g/mol. The fourth-order valence-corrected chi connectivity index (χ4v) is 3.59. The maximum Gasteiger partial charge on any atom is 0.219 e. The van der Waals surface area contributed by atoms with Gasteiger partial charge in [0.05, 0.1) is 18.4 Å². The van der Waals surface area contributed by atoms with E-state index < -0.39 is 0 Å². The smallest absolute Gasteiger partial charge is 0.219 e. The molecule has 2 aromatic rings. The van der Waals surface area contributed by atoms with Crippen LogP contribution >= 0.6 is 0 Å². The van der Waals surface area contributed by atoms with Gasteiger partial charge in [0.25, 0.3) is 0 Å². The molecular weight excluding hydrogens is 290 g/mol. The average molecular weight is 311 g/mol. The highest BCUT2D eigenvalue weighted by atomic mass is 16.2. The SMILES string of the molecule is CC(=O)N1CCc2[nH]nc(N3CCCc4cc(C)ncc43)c2C1. The van der Waals surface area contributed by atoms with Crippen LogP contribution in [0, 0.1) is 6.92 Å². The molecule has 4 rings (SSSR count). The van der Waals surface area contributed by atoms with Gasteiger partial charge >= 0.3 is 0 Å². The van der Waals surface area contributed by atoms with Crippen LogP contribution in [0.1, 0.15) is 35.9 Å². The third-order valence-corrected chi connectivity index (χ3v) is 4.83. The molecule has 1 N–H and O–H groups in total. The van der Waals surface area contributed by atoms with E-state index in [2.05, 4.69) is 26.1 Å². The van der Waals surface area contributed by atoms with Gasteiger partial charge in [0.1, 0.15) is 0 Å². The van der Waals surface area contributed by atoms with Crippen LogP contribution in [0.5, 0.6) is 0 Å². The molecule has 4 heterocycles. The molecule has 2 aliphatic rings. The Hall–Kier alpha value is -2.37. The van der Waals surface area contributed by atoms with Crippen molar-refractivity contribution in [1.29, 1.82) is 0 Å². The Morgan fingerprint density at radius 3 is 3.00 bits per heavy atom. The number of rotatable bonds is 1. The van der Waals surface area contributed by atoms with Crippen molar-refractivity contribution in [3.05, 3.63) is 34.8 Å². The molecule has 0 radical (unpaired) electrons. The molecule has 0 atom stereocenters. The van der Waals surface area contributed by atoms with Crippen molar-refractivity contribution in [2.75, 3.05) is 18.0 Å². The van der Waals surface area contributed by atoms with E-state index in [-0.39, 0.29) is 5.91 Å². The minimum absolute atomic E-state index is 0.124. The van der Waals surface area contributed by atoms with Crippen molar-refractivity contribution >= 4 is 17.4 Å². The number of carbonyl (C=O) groups excluding carboxylic acids is 1. The van der Waals surface area contributed by atoms with E-state index in [1.165, 1.54) is 5.56 Å². The van der Waals surface area contributed by atoms with E-state index in [0.29, 0.717) is 6.54 Å². The molecule has 0 spiro atoms. The van der Waals surface area contributed by atoms with Crippen molar-refractivity contribution < 1.29 is 4.79 Å². The summed E-state index contributed by atoms with van der Waals surface area (Å²) >= 11 is 0. The minimum atomic E-state index is 0.124. The first-order chi connectivity index (χ1) is 11.1. The lowest BCUT2D eigenvalue weighted by Crippen LogP contribution is -2.35. The molecule has 0 aliphatic carbocycles. The summed E-state index contributed by atoms with van der Waals surface area (Å²) in [7, 11) is 0. The van der Waals surface area contributed by atoms with Gasteiger partial charge in [0, 0.05) is 43.4 Å². The van der Waals surface area contributed by atoms with E-state index in [4.69, 9.17) is 0 Å². The van der Waals surface area contributed by atoms with E-state index in [0.717, 1.165) is 60.8 Å². The average Bonchev–Trinajstić information content (AvgIpc) is 2.96. The molecule has 0 saturated heterocycles. The molecule has 0 aromatic carbocycles. The van der Waals surface area contributed by atoms with Crippen LogP contribution in [0.4, 0.5) is 11.5 Å². The fourth-order valence-electron chi connectivity index (χ4n) is 3.59. The lowest BCUT2D eigenvalue weighted by atomic mass is 10.0. The van der Waals surface area contributed by atoms with Crippen LogP contribution in [0.3, 0.4) is 0 Å². The van der Waals surface area contributed by atoms with Crippen molar-refractivity contribution in [3.63, 3.8) is 0 Å².